The highest BCUT2D eigenvalue weighted by Gasteiger charge is 2.40. The lowest BCUT2D eigenvalue weighted by atomic mass is 9.91. The van der Waals surface area contributed by atoms with Crippen LogP contribution in [0.2, 0.25) is 36.3 Å². The van der Waals surface area contributed by atoms with Crippen LogP contribution in [0.5, 0.6) is 0 Å². The van der Waals surface area contributed by atoms with Crippen molar-refractivity contribution in [1.82, 2.24) is 0 Å². The van der Waals surface area contributed by atoms with E-state index in [-0.39, 0.29) is 11.1 Å². The van der Waals surface area contributed by atoms with Crippen LogP contribution in [0.3, 0.4) is 0 Å². The molecule has 0 aromatic heterocycles. The van der Waals surface area contributed by atoms with Crippen LogP contribution in [0.15, 0.2) is 54.6 Å². The molecule has 3 atom stereocenters. The summed E-state index contributed by atoms with van der Waals surface area (Å²) in [5.74, 6) is 0.485. The second-order valence-corrected chi connectivity index (χ2v) is 21.3. The van der Waals surface area contributed by atoms with E-state index in [4.69, 9.17) is 8.85 Å². The molecule has 0 heterocycles. The summed E-state index contributed by atoms with van der Waals surface area (Å²) >= 11 is 0. The third kappa shape index (κ3) is 7.78. The lowest BCUT2D eigenvalue weighted by Gasteiger charge is -2.39. The van der Waals surface area contributed by atoms with E-state index in [9.17, 15) is 0 Å². The molecule has 2 nitrogen and oxygen atoms in total. The second kappa shape index (κ2) is 12.8. The van der Waals surface area contributed by atoms with Gasteiger partial charge in [0.25, 0.3) is 0 Å². The van der Waals surface area contributed by atoms with Crippen molar-refractivity contribution >= 4 is 16.6 Å². The van der Waals surface area contributed by atoms with Gasteiger partial charge in [0, 0.05) is 12.0 Å². The highest BCUT2D eigenvalue weighted by molar-refractivity contribution is 6.74. The van der Waals surface area contributed by atoms with Gasteiger partial charge in [0.1, 0.15) is 0 Å². The molecule has 1 aromatic carbocycles. The molecule has 0 saturated carbocycles. The Hall–Kier alpha value is -0.946. The minimum absolute atomic E-state index is 0.216. The highest BCUT2D eigenvalue weighted by Crippen LogP contribution is 2.41. The zero-order valence-electron chi connectivity index (χ0n) is 23.5. The van der Waals surface area contributed by atoms with Gasteiger partial charge in [-0.15, -0.1) is 6.58 Å². The Kier molecular flexibility index (Phi) is 11.1. The topological polar surface area (TPSA) is 18.5 Å². The summed E-state index contributed by atoms with van der Waals surface area (Å²) in [6, 6.07) is 14.5. The van der Waals surface area contributed by atoms with Crippen molar-refractivity contribution < 1.29 is 8.85 Å². The van der Waals surface area contributed by atoms with Gasteiger partial charge in [-0.2, -0.15) is 0 Å². The Morgan fingerprint density at radius 1 is 1.06 bits per heavy atom. The van der Waals surface area contributed by atoms with E-state index >= 15 is 0 Å². The van der Waals surface area contributed by atoms with Crippen LogP contribution in [-0.2, 0) is 15.3 Å². The van der Waals surface area contributed by atoms with Crippen molar-refractivity contribution in [3.8, 4) is 0 Å². The molecule has 0 fully saturated rings. The van der Waals surface area contributed by atoms with E-state index in [2.05, 4.69) is 104 Å². The van der Waals surface area contributed by atoms with Crippen molar-refractivity contribution in [2.24, 2.45) is 5.92 Å². The molecule has 1 aliphatic carbocycles. The summed E-state index contributed by atoms with van der Waals surface area (Å²) < 4.78 is 14.0. The van der Waals surface area contributed by atoms with E-state index < -0.39 is 16.6 Å². The zero-order chi connectivity index (χ0) is 25.4. The SMILES string of the molecule is C=CC[C@@H]1C(CCC(Cc2ccccc2)O[Si](C)(C)C(C)(C)C)=CC[C@@H]1O[Si](CC)(CC)CC. The third-order valence-corrected chi connectivity index (χ3v) is 17.8. The van der Waals surface area contributed by atoms with Crippen LogP contribution in [0.1, 0.15) is 72.8 Å². The minimum atomic E-state index is -1.85. The predicted molar refractivity (Wildman–Crippen MR) is 155 cm³/mol. The van der Waals surface area contributed by atoms with Crippen LogP contribution in [0.4, 0.5) is 0 Å². The molecule has 192 valence electrons. The standard InChI is InChI=1S/C30H52O2Si2/c1-10-17-28-26(21-23-29(28)32-34(11-2,12-3)13-4)20-22-27(24-25-18-15-14-16-19-25)31-33(8,9)30(5,6)7/h10,14-16,18-19,21,27-29H,1,11-13,17,20,22-24H2,2-9H3/t27?,28-,29+/m1/s1. The second-order valence-electron chi connectivity index (χ2n) is 11.8. The number of rotatable bonds is 14. The molecule has 4 heteroatoms. The first-order chi connectivity index (χ1) is 16.0. The van der Waals surface area contributed by atoms with Crippen LogP contribution in [0.25, 0.3) is 0 Å². The van der Waals surface area contributed by atoms with Gasteiger partial charge in [0.15, 0.2) is 16.6 Å². The van der Waals surface area contributed by atoms with Gasteiger partial charge in [-0.05, 0) is 73.9 Å². The molecular weight excluding hydrogens is 449 g/mol. The number of benzene rings is 1. The van der Waals surface area contributed by atoms with Crippen molar-refractivity contribution in [2.75, 3.05) is 0 Å². The first-order valence-electron chi connectivity index (χ1n) is 13.7. The van der Waals surface area contributed by atoms with Crippen LogP contribution in [0, 0.1) is 5.92 Å². The van der Waals surface area contributed by atoms with Gasteiger partial charge in [-0.25, -0.2) is 0 Å². The Labute approximate surface area is 213 Å². The van der Waals surface area contributed by atoms with E-state index in [1.165, 1.54) is 23.7 Å². The molecule has 0 aliphatic heterocycles. The molecule has 0 N–H and O–H groups in total. The maximum Gasteiger partial charge on any atom is 0.192 e. The number of hydrogen-bond acceptors (Lipinski definition) is 2. The summed E-state index contributed by atoms with van der Waals surface area (Å²) in [6.07, 6.45) is 10.4. The normalized spacial score (nSPS) is 20.3. The summed E-state index contributed by atoms with van der Waals surface area (Å²) in [7, 11) is -3.46. The number of hydrogen-bond donors (Lipinski definition) is 0. The Balaban J connectivity index is 2.14. The fourth-order valence-corrected chi connectivity index (χ4v) is 9.34. The van der Waals surface area contributed by atoms with Crippen LogP contribution in [-0.4, -0.2) is 28.8 Å². The lowest BCUT2D eigenvalue weighted by molar-refractivity contribution is 0.146. The van der Waals surface area contributed by atoms with Gasteiger partial charge in [-0.3, -0.25) is 0 Å². The summed E-state index contributed by atoms with van der Waals surface area (Å²) in [6.45, 7) is 22.9. The summed E-state index contributed by atoms with van der Waals surface area (Å²) in [5.41, 5.74) is 2.95. The average Bonchev–Trinajstić information content (AvgIpc) is 3.17. The summed E-state index contributed by atoms with van der Waals surface area (Å²) in [4.78, 5) is 0. The molecule has 1 unspecified atom stereocenters. The van der Waals surface area contributed by atoms with E-state index in [0.29, 0.717) is 12.0 Å². The van der Waals surface area contributed by atoms with Crippen molar-refractivity contribution in [2.45, 2.75) is 122 Å². The molecule has 2 rings (SSSR count). The zero-order valence-corrected chi connectivity index (χ0v) is 25.5. The molecule has 1 aliphatic rings. The number of allylic oxidation sites excluding steroid dienone is 1. The van der Waals surface area contributed by atoms with Gasteiger partial charge >= 0.3 is 0 Å². The smallest absolute Gasteiger partial charge is 0.192 e. The maximum absolute atomic E-state index is 6.99. The van der Waals surface area contributed by atoms with E-state index in [1.54, 1.807) is 5.57 Å². The minimum Gasteiger partial charge on any atom is -0.414 e. The van der Waals surface area contributed by atoms with Gasteiger partial charge in [0.05, 0.1) is 6.10 Å². The highest BCUT2D eigenvalue weighted by atomic mass is 28.4. The van der Waals surface area contributed by atoms with Crippen molar-refractivity contribution in [1.29, 1.82) is 0 Å². The molecule has 0 radical (unpaired) electrons. The molecule has 0 saturated heterocycles. The molecular formula is C30H52O2Si2. The Bertz CT molecular complexity index is 766. The van der Waals surface area contributed by atoms with E-state index in [0.717, 1.165) is 32.1 Å². The summed E-state index contributed by atoms with van der Waals surface area (Å²) in [5, 5.41) is 0.216. The van der Waals surface area contributed by atoms with Gasteiger partial charge < -0.3 is 8.85 Å². The van der Waals surface area contributed by atoms with Crippen molar-refractivity contribution in [3.63, 3.8) is 0 Å². The third-order valence-electron chi connectivity index (χ3n) is 8.62. The first-order valence-corrected chi connectivity index (χ1v) is 19.1. The maximum atomic E-state index is 6.99. The Morgan fingerprint density at radius 3 is 2.21 bits per heavy atom. The Morgan fingerprint density at radius 2 is 1.68 bits per heavy atom. The quantitative estimate of drug-likeness (QED) is 0.187. The van der Waals surface area contributed by atoms with Crippen molar-refractivity contribution in [3.05, 3.63) is 60.2 Å². The molecule has 0 spiro atoms. The van der Waals surface area contributed by atoms with Crippen LogP contribution < -0.4 is 0 Å². The van der Waals surface area contributed by atoms with Crippen LogP contribution >= 0.6 is 0 Å². The molecule has 0 bridgehead atoms. The first kappa shape index (κ1) is 29.3. The fourth-order valence-electron chi connectivity index (χ4n) is 5.04. The fraction of sp³-hybridized carbons (Fsp3) is 0.667. The van der Waals surface area contributed by atoms with E-state index in [1.807, 2.05) is 0 Å². The lowest BCUT2D eigenvalue weighted by Crippen LogP contribution is -2.44. The molecule has 34 heavy (non-hydrogen) atoms. The predicted octanol–water partition coefficient (Wildman–Crippen LogP) is 9.31. The molecule has 1 aromatic rings. The van der Waals surface area contributed by atoms with Gasteiger partial charge in [0.2, 0.25) is 0 Å². The largest absolute Gasteiger partial charge is 0.414 e. The monoisotopic (exact) mass is 500 g/mol. The molecule has 0 amide bonds. The average molecular weight is 501 g/mol. The van der Waals surface area contributed by atoms with Gasteiger partial charge in [-0.1, -0.05) is 89.6 Å².